The van der Waals surface area contributed by atoms with Gasteiger partial charge in [0.05, 0.1) is 5.75 Å². The van der Waals surface area contributed by atoms with Crippen molar-refractivity contribution < 1.29 is 22.7 Å². The van der Waals surface area contributed by atoms with Gasteiger partial charge in [-0.2, -0.15) is 0 Å². The number of aryl methyl sites for hydroxylation is 1. The molecular formula is C18H14F2N2O3S. The lowest BCUT2D eigenvalue weighted by Gasteiger charge is -2.03. The number of rotatable bonds is 6. The zero-order valence-electron chi connectivity index (χ0n) is 13.7. The maximum absolute atomic E-state index is 13.5. The van der Waals surface area contributed by atoms with Gasteiger partial charge in [-0.25, -0.2) is 8.78 Å². The van der Waals surface area contributed by atoms with Crippen LogP contribution in [-0.4, -0.2) is 21.9 Å². The van der Waals surface area contributed by atoms with Crippen LogP contribution in [0.25, 0.3) is 11.5 Å². The third-order valence-corrected chi connectivity index (χ3v) is 4.33. The van der Waals surface area contributed by atoms with Crippen LogP contribution < -0.4 is 0 Å². The SMILES string of the molecule is Cc1cccc(-c2nnc(COC(=O)CSc3cc(F)ccc3F)o2)c1. The molecule has 0 amide bonds. The van der Waals surface area contributed by atoms with Crippen molar-refractivity contribution in [2.75, 3.05) is 5.75 Å². The first-order valence-electron chi connectivity index (χ1n) is 7.64. The van der Waals surface area contributed by atoms with E-state index in [1.165, 1.54) is 0 Å². The summed E-state index contributed by atoms with van der Waals surface area (Å²) in [4.78, 5) is 11.8. The Bertz CT molecular complexity index is 930. The van der Waals surface area contributed by atoms with Gasteiger partial charge in [-0.05, 0) is 37.3 Å². The molecule has 0 aliphatic heterocycles. The molecule has 0 radical (unpaired) electrons. The summed E-state index contributed by atoms with van der Waals surface area (Å²) in [7, 11) is 0. The van der Waals surface area contributed by atoms with Crippen molar-refractivity contribution in [2.45, 2.75) is 18.4 Å². The molecule has 5 nitrogen and oxygen atoms in total. The van der Waals surface area contributed by atoms with E-state index in [2.05, 4.69) is 10.2 Å². The lowest BCUT2D eigenvalue weighted by atomic mass is 10.1. The van der Waals surface area contributed by atoms with Crippen molar-refractivity contribution in [3.8, 4) is 11.5 Å². The number of thioether (sulfide) groups is 1. The number of hydrogen-bond acceptors (Lipinski definition) is 6. The molecule has 0 aliphatic rings. The summed E-state index contributed by atoms with van der Waals surface area (Å²) in [6.07, 6.45) is 0. The van der Waals surface area contributed by atoms with Gasteiger partial charge in [0.1, 0.15) is 11.6 Å². The molecule has 3 rings (SSSR count). The molecule has 0 fully saturated rings. The highest BCUT2D eigenvalue weighted by molar-refractivity contribution is 8.00. The van der Waals surface area contributed by atoms with E-state index in [9.17, 15) is 13.6 Å². The number of benzene rings is 2. The van der Waals surface area contributed by atoms with Crippen molar-refractivity contribution >= 4 is 17.7 Å². The Labute approximate surface area is 152 Å². The first-order chi connectivity index (χ1) is 12.5. The van der Waals surface area contributed by atoms with E-state index in [-0.39, 0.29) is 23.1 Å². The minimum Gasteiger partial charge on any atom is -0.455 e. The molecule has 1 heterocycles. The molecule has 3 aromatic rings. The smallest absolute Gasteiger partial charge is 0.316 e. The van der Waals surface area contributed by atoms with Crippen LogP contribution in [0, 0.1) is 18.6 Å². The van der Waals surface area contributed by atoms with E-state index in [1.807, 2.05) is 31.2 Å². The molecular weight excluding hydrogens is 362 g/mol. The van der Waals surface area contributed by atoms with Gasteiger partial charge in [-0.15, -0.1) is 22.0 Å². The van der Waals surface area contributed by atoms with E-state index in [4.69, 9.17) is 9.15 Å². The van der Waals surface area contributed by atoms with Gasteiger partial charge in [0.15, 0.2) is 6.61 Å². The molecule has 0 atom stereocenters. The van der Waals surface area contributed by atoms with Crippen molar-refractivity contribution in [3.63, 3.8) is 0 Å². The molecule has 134 valence electrons. The highest BCUT2D eigenvalue weighted by atomic mass is 32.2. The van der Waals surface area contributed by atoms with Crippen LogP contribution in [0.3, 0.4) is 0 Å². The topological polar surface area (TPSA) is 65.2 Å². The fourth-order valence-corrected chi connectivity index (χ4v) is 2.87. The second-order valence-electron chi connectivity index (χ2n) is 5.39. The van der Waals surface area contributed by atoms with Crippen LogP contribution in [-0.2, 0) is 16.1 Å². The normalized spacial score (nSPS) is 10.7. The summed E-state index contributed by atoms with van der Waals surface area (Å²) in [5, 5.41) is 7.74. The van der Waals surface area contributed by atoms with Crippen molar-refractivity contribution in [1.29, 1.82) is 0 Å². The molecule has 0 saturated carbocycles. The molecule has 1 aromatic heterocycles. The fourth-order valence-electron chi connectivity index (χ4n) is 2.12. The largest absolute Gasteiger partial charge is 0.455 e. The molecule has 0 spiro atoms. The zero-order valence-corrected chi connectivity index (χ0v) is 14.6. The molecule has 0 unspecified atom stereocenters. The average molecular weight is 376 g/mol. The molecule has 2 aromatic carbocycles. The van der Waals surface area contributed by atoms with Crippen LogP contribution >= 0.6 is 11.8 Å². The molecule has 8 heteroatoms. The summed E-state index contributed by atoms with van der Waals surface area (Å²) >= 11 is 0.852. The number of esters is 1. The number of carbonyl (C=O) groups is 1. The quantitative estimate of drug-likeness (QED) is 0.475. The maximum atomic E-state index is 13.5. The zero-order chi connectivity index (χ0) is 18.5. The molecule has 0 aliphatic carbocycles. The Morgan fingerprint density at radius 3 is 2.85 bits per heavy atom. The van der Waals surface area contributed by atoms with E-state index >= 15 is 0 Å². The minimum absolute atomic E-state index is 0.0430. The second-order valence-corrected chi connectivity index (χ2v) is 6.41. The number of ether oxygens (including phenoxy) is 1. The predicted octanol–water partition coefficient (Wildman–Crippen LogP) is 4.16. The van der Waals surface area contributed by atoms with Crippen molar-refractivity contribution in [3.05, 3.63) is 65.6 Å². The summed E-state index contributed by atoms with van der Waals surface area (Å²) in [5.41, 5.74) is 1.82. The van der Waals surface area contributed by atoms with E-state index in [0.717, 1.165) is 41.1 Å². The third kappa shape index (κ3) is 4.66. The number of carbonyl (C=O) groups excluding carboxylic acids is 1. The lowest BCUT2D eigenvalue weighted by Crippen LogP contribution is -2.07. The highest BCUT2D eigenvalue weighted by Gasteiger charge is 2.13. The van der Waals surface area contributed by atoms with Crippen LogP contribution in [0.2, 0.25) is 0 Å². The van der Waals surface area contributed by atoms with Gasteiger partial charge in [0, 0.05) is 10.5 Å². The highest BCUT2D eigenvalue weighted by Crippen LogP contribution is 2.23. The summed E-state index contributed by atoms with van der Waals surface area (Å²) in [5.74, 6) is -1.46. The van der Waals surface area contributed by atoms with E-state index in [1.54, 1.807) is 0 Å². The number of halogens is 2. The van der Waals surface area contributed by atoms with Crippen molar-refractivity contribution in [2.24, 2.45) is 0 Å². The number of hydrogen-bond donors (Lipinski definition) is 0. The molecule has 0 saturated heterocycles. The van der Waals surface area contributed by atoms with Gasteiger partial charge in [0.25, 0.3) is 5.89 Å². The third-order valence-electron chi connectivity index (χ3n) is 3.33. The second kappa shape index (κ2) is 8.09. The standard InChI is InChI=1S/C18H14F2N2O3S/c1-11-3-2-4-12(7-11)18-22-21-16(25-18)9-24-17(23)10-26-15-8-13(19)5-6-14(15)20/h2-8H,9-10H2,1H3. The first-order valence-corrected chi connectivity index (χ1v) is 8.63. The van der Waals surface area contributed by atoms with Crippen LogP contribution in [0.4, 0.5) is 8.78 Å². The summed E-state index contributed by atoms with van der Waals surface area (Å²) in [6.45, 7) is 1.76. The molecule has 0 bridgehead atoms. The van der Waals surface area contributed by atoms with E-state index < -0.39 is 17.6 Å². The van der Waals surface area contributed by atoms with Gasteiger partial charge in [-0.3, -0.25) is 4.79 Å². The van der Waals surface area contributed by atoms with Crippen molar-refractivity contribution in [1.82, 2.24) is 10.2 Å². The number of aromatic nitrogens is 2. The molecule has 0 N–H and O–H groups in total. The van der Waals surface area contributed by atoms with E-state index in [0.29, 0.717) is 5.89 Å². The predicted molar refractivity (Wildman–Crippen MR) is 91.3 cm³/mol. The summed E-state index contributed by atoms with van der Waals surface area (Å²) < 4.78 is 37.1. The Morgan fingerprint density at radius 1 is 1.19 bits per heavy atom. The van der Waals surface area contributed by atoms with Crippen LogP contribution in [0.15, 0.2) is 51.8 Å². The van der Waals surface area contributed by atoms with Gasteiger partial charge < -0.3 is 9.15 Å². The Balaban J connectivity index is 1.53. The van der Waals surface area contributed by atoms with Gasteiger partial charge in [0.2, 0.25) is 5.89 Å². The average Bonchev–Trinajstić information content (AvgIpc) is 3.10. The lowest BCUT2D eigenvalue weighted by molar-refractivity contribution is -0.142. The first kappa shape index (κ1) is 18.1. The Hall–Kier alpha value is -2.74. The molecule has 26 heavy (non-hydrogen) atoms. The maximum Gasteiger partial charge on any atom is 0.316 e. The minimum atomic E-state index is -0.603. The Morgan fingerprint density at radius 2 is 2.04 bits per heavy atom. The Kier molecular flexibility index (Phi) is 5.62. The van der Waals surface area contributed by atoms with Gasteiger partial charge >= 0.3 is 5.97 Å². The monoisotopic (exact) mass is 376 g/mol. The van der Waals surface area contributed by atoms with Crippen LogP contribution in [0.1, 0.15) is 11.5 Å². The fraction of sp³-hybridized carbons (Fsp3) is 0.167. The number of nitrogens with zero attached hydrogens (tertiary/aromatic N) is 2. The summed E-state index contributed by atoms with van der Waals surface area (Å²) in [6, 6.07) is 10.6. The van der Waals surface area contributed by atoms with Crippen LogP contribution in [0.5, 0.6) is 0 Å². The van der Waals surface area contributed by atoms with Gasteiger partial charge in [-0.1, -0.05) is 17.7 Å².